The van der Waals surface area contributed by atoms with E-state index in [2.05, 4.69) is 6.92 Å². The molecule has 0 aliphatic carbocycles. The molecule has 0 aromatic rings. The molecule has 1 saturated heterocycles. The fraction of sp³-hybridized carbons (Fsp3) is 1.00. The van der Waals surface area contributed by atoms with Crippen LogP contribution in [0, 0.1) is 0 Å². The summed E-state index contributed by atoms with van der Waals surface area (Å²) in [6.45, 7) is 4.93. The monoisotopic (exact) mass is 116 g/mol. The summed E-state index contributed by atoms with van der Waals surface area (Å²) in [6.07, 6.45) is 0.238. The summed E-state index contributed by atoms with van der Waals surface area (Å²) in [7, 11) is 1.71. The van der Waals surface area contributed by atoms with Crippen LogP contribution in [0.4, 0.5) is 0 Å². The number of hydrogen-bond donors (Lipinski definition) is 0. The first-order valence-electron chi connectivity index (χ1n) is 2.86. The Kier molecular flexibility index (Phi) is 1.29. The van der Waals surface area contributed by atoms with Gasteiger partial charge in [0.05, 0.1) is 12.7 Å². The molecule has 0 radical (unpaired) electrons. The Morgan fingerprint density at radius 3 is 2.38 bits per heavy atom. The molecule has 1 heterocycles. The summed E-state index contributed by atoms with van der Waals surface area (Å²) in [6, 6.07) is 0. The van der Waals surface area contributed by atoms with Crippen molar-refractivity contribution in [1.29, 1.82) is 0 Å². The van der Waals surface area contributed by atoms with Gasteiger partial charge in [0.2, 0.25) is 0 Å². The highest BCUT2D eigenvalue weighted by molar-refractivity contribution is 4.92. The van der Waals surface area contributed by atoms with Crippen molar-refractivity contribution in [2.45, 2.75) is 25.6 Å². The molecule has 0 amide bonds. The van der Waals surface area contributed by atoms with Crippen LogP contribution in [-0.2, 0) is 9.47 Å². The lowest BCUT2D eigenvalue weighted by Crippen LogP contribution is -2.24. The minimum absolute atomic E-state index is 0.0365. The van der Waals surface area contributed by atoms with Crippen LogP contribution >= 0.6 is 0 Å². The van der Waals surface area contributed by atoms with E-state index in [0.717, 1.165) is 6.61 Å². The van der Waals surface area contributed by atoms with Gasteiger partial charge in [-0.3, -0.25) is 0 Å². The van der Waals surface area contributed by atoms with Crippen molar-refractivity contribution in [3.63, 3.8) is 0 Å². The maximum atomic E-state index is 5.12. The van der Waals surface area contributed by atoms with Crippen LogP contribution in [0.25, 0.3) is 0 Å². The van der Waals surface area contributed by atoms with E-state index in [1.54, 1.807) is 7.11 Å². The number of ether oxygens (including phenoxy) is 2. The SMILES string of the molecule is COC(C)C1(C)CO1. The Hall–Kier alpha value is -0.0800. The molecule has 1 fully saturated rings. The molecule has 2 heteroatoms. The average molecular weight is 116 g/mol. The lowest BCUT2D eigenvalue weighted by atomic mass is 10.1. The molecule has 2 unspecified atom stereocenters. The molecule has 8 heavy (non-hydrogen) atoms. The molecule has 2 atom stereocenters. The van der Waals surface area contributed by atoms with Gasteiger partial charge < -0.3 is 9.47 Å². The zero-order chi connectivity index (χ0) is 6.20. The molecule has 0 bridgehead atoms. The Balaban J connectivity index is 2.34. The van der Waals surface area contributed by atoms with Crippen LogP contribution < -0.4 is 0 Å². The first-order valence-corrected chi connectivity index (χ1v) is 2.86. The van der Waals surface area contributed by atoms with Gasteiger partial charge in [0.1, 0.15) is 5.60 Å². The maximum Gasteiger partial charge on any atom is 0.114 e. The summed E-state index contributed by atoms with van der Waals surface area (Å²) >= 11 is 0. The van der Waals surface area contributed by atoms with Crippen LogP contribution in [0.1, 0.15) is 13.8 Å². The largest absolute Gasteiger partial charge is 0.379 e. The summed E-state index contributed by atoms with van der Waals surface area (Å²) in [5.41, 5.74) is 0.0365. The lowest BCUT2D eigenvalue weighted by Gasteiger charge is -2.12. The number of hydrogen-bond acceptors (Lipinski definition) is 2. The third kappa shape index (κ3) is 0.858. The van der Waals surface area contributed by atoms with Crippen molar-refractivity contribution in [3.05, 3.63) is 0 Å². The smallest absolute Gasteiger partial charge is 0.114 e. The van der Waals surface area contributed by atoms with Gasteiger partial charge in [-0.25, -0.2) is 0 Å². The van der Waals surface area contributed by atoms with Gasteiger partial charge in [-0.2, -0.15) is 0 Å². The van der Waals surface area contributed by atoms with E-state index in [4.69, 9.17) is 9.47 Å². The summed E-state index contributed by atoms with van der Waals surface area (Å²) in [4.78, 5) is 0. The van der Waals surface area contributed by atoms with E-state index in [1.807, 2.05) is 6.92 Å². The molecule has 0 saturated carbocycles. The highest BCUT2D eigenvalue weighted by Gasteiger charge is 2.44. The highest BCUT2D eigenvalue weighted by Crippen LogP contribution is 2.30. The quantitative estimate of drug-likeness (QED) is 0.498. The van der Waals surface area contributed by atoms with Gasteiger partial charge >= 0.3 is 0 Å². The third-order valence-corrected chi connectivity index (χ3v) is 1.81. The minimum Gasteiger partial charge on any atom is -0.379 e. The number of epoxide rings is 1. The van der Waals surface area contributed by atoms with Crippen molar-refractivity contribution >= 4 is 0 Å². The molecular weight excluding hydrogens is 104 g/mol. The van der Waals surface area contributed by atoms with Crippen LogP contribution in [-0.4, -0.2) is 25.4 Å². The Bertz CT molecular complexity index is 86.5. The van der Waals surface area contributed by atoms with Gasteiger partial charge in [0.15, 0.2) is 0 Å². The Labute approximate surface area is 49.8 Å². The predicted molar refractivity (Wildman–Crippen MR) is 30.8 cm³/mol. The second-order valence-electron chi connectivity index (χ2n) is 2.48. The molecule has 1 aliphatic rings. The van der Waals surface area contributed by atoms with Crippen LogP contribution in [0.5, 0.6) is 0 Å². The molecule has 0 spiro atoms. The van der Waals surface area contributed by atoms with Gasteiger partial charge in [-0.05, 0) is 13.8 Å². The molecule has 0 aromatic heterocycles. The second kappa shape index (κ2) is 1.71. The van der Waals surface area contributed by atoms with E-state index in [1.165, 1.54) is 0 Å². The van der Waals surface area contributed by atoms with Crippen molar-refractivity contribution in [2.75, 3.05) is 13.7 Å². The highest BCUT2D eigenvalue weighted by atomic mass is 16.6. The van der Waals surface area contributed by atoms with Crippen molar-refractivity contribution in [2.24, 2.45) is 0 Å². The molecule has 1 rings (SSSR count). The van der Waals surface area contributed by atoms with Crippen LogP contribution in [0.3, 0.4) is 0 Å². The molecule has 0 aromatic carbocycles. The van der Waals surface area contributed by atoms with Gasteiger partial charge in [-0.15, -0.1) is 0 Å². The van der Waals surface area contributed by atoms with Crippen LogP contribution in [0.15, 0.2) is 0 Å². The van der Waals surface area contributed by atoms with E-state index in [-0.39, 0.29) is 11.7 Å². The number of rotatable bonds is 2. The minimum atomic E-state index is 0.0365. The first-order chi connectivity index (χ1) is 3.69. The second-order valence-corrected chi connectivity index (χ2v) is 2.48. The standard InChI is InChI=1S/C6H12O2/c1-5(7-3)6(2)4-8-6/h5H,4H2,1-3H3. The maximum absolute atomic E-state index is 5.12. The normalized spacial score (nSPS) is 39.4. The van der Waals surface area contributed by atoms with Gasteiger partial charge in [0, 0.05) is 7.11 Å². The van der Waals surface area contributed by atoms with E-state index < -0.39 is 0 Å². The zero-order valence-corrected chi connectivity index (χ0v) is 5.60. The molecular formula is C6H12O2. The van der Waals surface area contributed by atoms with Crippen molar-refractivity contribution in [3.8, 4) is 0 Å². The molecule has 0 N–H and O–H groups in total. The van der Waals surface area contributed by atoms with E-state index in [9.17, 15) is 0 Å². The van der Waals surface area contributed by atoms with Crippen molar-refractivity contribution in [1.82, 2.24) is 0 Å². The van der Waals surface area contributed by atoms with Crippen molar-refractivity contribution < 1.29 is 9.47 Å². The van der Waals surface area contributed by atoms with E-state index >= 15 is 0 Å². The zero-order valence-electron chi connectivity index (χ0n) is 5.60. The van der Waals surface area contributed by atoms with Crippen LogP contribution in [0.2, 0.25) is 0 Å². The molecule has 1 aliphatic heterocycles. The lowest BCUT2D eigenvalue weighted by molar-refractivity contribution is 0.0516. The first kappa shape index (κ1) is 6.05. The average Bonchev–Trinajstić information content (AvgIpc) is 2.47. The Morgan fingerprint density at radius 1 is 1.75 bits per heavy atom. The topological polar surface area (TPSA) is 21.8 Å². The molecule has 2 nitrogen and oxygen atoms in total. The van der Waals surface area contributed by atoms with Gasteiger partial charge in [0.25, 0.3) is 0 Å². The summed E-state index contributed by atoms with van der Waals surface area (Å²) in [5.74, 6) is 0. The third-order valence-electron chi connectivity index (χ3n) is 1.81. The fourth-order valence-electron chi connectivity index (χ4n) is 0.598. The molecule has 48 valence electrons. The van der Waals surface area contributed by atoms with E-state index in [0.29, 0.717) is 0 Å². The predicted octanol–water partition coefficient (Wildman–Crippen LogP) is 0.810. The fourth-order valence-corrected chi connectivity index (χ4v) is 0.598. The Morgan fingerprint density at radius 2 is 2.25 bits per heavy atom. The summed E-state index contributed by atoms with van der Waals surface area (Å²) < 4.78 is 10.2. The summed E-state index contributed by atoms with van der Waals surface area (Å²) in [5, 5.41) is 0. The van der Waals surface area contributed by atoms with Gasteiger partial charge in [-0.1, -0.05) is 0 Å². The number of methoxy groups -OCH3 is 1.